The lowest BCUT2D eigenvalue weighted by Crippen LogP contribution is -2.42. The van der Waals surface area contributed by atoms with E-state index in [0.29, 0.717) is 24.6 Å². The second-order valence-corrected chi connectivity index (χ2v) is 7.82. The maximum absolute atomic E-state index is 12.9. The molecule has 0 saturated carbocycles. The molecule has 3 rings (SSSR count). The third-order valence-electron chi connectivity index (χ3n) is 4.32. The lowest BCUT2D eigenvalue weighted by Gasteiger charge is -2.32. The van der Waals surface area contributed by atoms with Gasteiger partial charge in [0.15, 0.2) is 0 Å². The van der Waals surface area contributed by atoms with Crippen LogP contribution in [0.2, 0.25) is 0 Å². The van der Waals surface area contributed by atoms with Crippen LogP contribution in [-0.2, 0) is 14.8 Å². The van der Waals surface area contributed by atoms with Crippen LogP contribution < -0.4 is 0 Å². The molecule has 1 aliphatic rings. The predicted molar refractivity (Wildman–Crippen MR) is 89.8 cm³/mol. The Hall–Kier alpha value is -1.69. The molecule has 0 N–H and O–H groups in total. The highest BCUT2D eigenvalue weighted by atomic mass is 32.2. The molecule has 2 aromatic rings. The Balaban J connectivity index is 1.86. The number of sulfonamides is 1. The first-order chi connectivity index (χ1) is 11.0. The third kappa shape index (κ3) is 3.32. The summed E-state index contributed by atoms with van der Waals surface area (Å²) in [7, 11) is -3.49. The van der Waals surface area contributed by atoms with E-state index in [1.807, 2.05) is 50.2 Å². The maximum atomic E-state index is 12.9. The molecule has 1 unspecified atom stereocenters. The van der Waals surface area contributed by atoms with Crippen LogP contribution >= 0.6 is 0 Å². The van der Waals surface area contributed by atoms with Crippen molar-refractivity contribution in [3.05, 3.63) is 65.2 Å². The summed E-state index contributed by atoms with van der Waals surface area (Å²) >= 11 is 0. The zero-order chi connectivity index (χ0) is 16.4. The van der Waals surface area contributed by atoms with E-state index in [2.05, 4.69) is 0 Å². The second-order valence-electron chi connectivity index (χ2n) is 5.88. The molecule has 122 valence electrons. The Morgan fingerprint density at radius 2 is 1.78 bits per heavy atom. The molecule has 1 atom stereocenters. The highest BCUT2D eigenvalue weighted by Crippen LogP contribution is 2.27. The van der Waals surface area contributed by atoms with Crippen molar-refractivity contribution in [3.63, 3.8) is 0 Å². The third-order valence-corrected chi connectivity index (χ3v) is 6.18. The lowest BCUT2D eigenvalue weighted by atomic mass is 10.1. The molecule has 1 saturated heterocycles. The van der Waals surface area contributed by atoms with Crippen molar-refractivity contribution in [1.82, 2.24) is 4.31 Å². The van der Waals surface area contributed by atoms with Gasteiger partial charge in [0.1, 0.15) is 0 Å². The molecule has 5 heteroatoms. The molecular formula is C18H21NO3S. The molecule has 1 aliphatic heterocycles. The molecule has 0 aliphatic carbocycles. The SMILES string of the molecule is Cc1ccc(S(=O)(=O)N2CCOC(c3ccccc3)C2)cc1C. The average Bonchev–Trinajstić information content (AvgIpc) is 2.58. The zero-order valence-corrected chi connectivity index (χ0v) is 14.2. The summed E-state index contributed by atoms with van der Waals surface area (Å²) in [6, 6.07) is 15.0. The van der Waals surface area contributed by atoms with E-state index in [1.165, 1.54) is 4.31 Å². The lowest BCUT2D eigenvalue weighted by molar-refractivity contribution is -0.00255. The number of nitrogens with zero attached hydrogens (tertiary/aromatic N) is 1. The van der Waals surface area contributed by atoms with Gasteiger partial charge in [-0.3, -0.25) is 0 Å². The Bertz CT molecular complexity index is 787. The van der Waals surface area contributed by atoms with Gasteiger partial charge in [-0.05, 0) is 42.7 Å². The molecule has 4 nitrogen and oxygen atoms in total. The summed E-state index contributed by atoms with van der Waals surface area (Å²) in [4.78, 5) is 0.356. The number of aryl methyl sites for hydroxylation is 2. The number of hydrogen-bond donors (Lipinski definition) is 0. The normalized spacial score (nSPS) is 19.7. The van der Waals surface area contributed by atoms with Crippen LogP contribution in [0.25, 0.3) is 0 Å². The van der Waals surface area contributed by atoms with Crippen LogP contribution in [0.5, 0.6) is 0 Å². The largest absolute Gasteiger partial charge is 0.371 e. The molecule has 0 aromatic heterocycles. The van der Waals surface area contributed by atoms with Gasteiger partial charge in [-0.2, -0.15) is 4.31 Å². The van der Waals surface area contributed by atoms with Gasteiger partial charge in [0, 0.05) is 13.1 Å². The average molecular weight is 331 g/mol. The summed E-state index contributed by atoms with van der Waals surface area (Å²) in [5.74, 6) is 0. The Morgan fingerprint density at radius 1 is 1.04 bits per heavy atom. The van der Waals surface area contributed by atoms with Crippen LogP contribution in [0.15, 0.2) is 53.4 Å². The monoisotopic (exact) mass is 331 g/mol. The number of hydrogen-bond acceptors (Lipinski definition) is 3. The fourth-order valence-electron chi connectivity index (χ4n) is 2.74. The first-order valence-electron chi connectivity index (χ1n) is 7.72. The van der Waals surface area contributed by atoms with Gasteiger partial charge < -0.3 is 4.74 Å². The number of benzene rings is 2. The predicted octanol–water partition coefficient (Wildman–Crippen LogP) is 3.07. The van der Waals surface area contributed by atoms with Gasteiger partial charge in [-0.1, -0.05) is 36.4 Å². The van der Waals surface area contributed by atoms with Crippen molar-refractivity contribution < 1.29 is 13.2 Å². The van der Waals surface area contributed by atoms with Crippen molar-refractivity contribution in [2.24, 2.45) is 0 Å². The Morgan fingerprint density at radius 3 is 2.48 bits per heavy atom. The van der Waals surface area contributed by atoms with Gasteiger partial charge in [-0.25, -0.2) is 8.42 Å². The first kappa shape index (κ1) is 16.2. The topological polar surface area (TPSA) is 46.6 Å². The van der Waals surface area contributed by atoms with Gasteiger partial charge in [0.05, 0.1) is 17.6 Å². The summed E-state index contributed by atoms with van der Waals surface area (Å²) in [5, 5.41) is 0. The van der Waals surface area contributed by atoms with Gasteiger partial charge in [-0.15, -0.1) is 0 Å². The molecule has 0 radical (unpaired) electrons. The van der Waals surface area contributed by atoms with Crippen LogP contribution in [0.1, 0.15) is 22.8 Å². The van der Waals surface area contributed by atoms with Crippen LogP contribution in [0.4, 0.5) is 0 Å². The minimum atomic E-state index is -3.49. The summed E-state index contributed by atoms with van der Waals surface area (Å²) in [6.45, 7) is 5.05. The van der Waals surface area contributed by atoms with E-state index in [9.17, 15) is 8.42 Å². The summed E-state index contributed by atoms with van der Waals surface area (Å²) < 4.78 is 33.1. The summed E-state index contributed by atoms with van der Waals surface area (Å²) in [5.41, 5.74) is 3.08. The van der Waals surface area contributed by atoms with Gasteiger partial charge in [0.25, 0.3) is 0 Å². The van der Waals surface area contributed by atoms with E-state index in [1.54, 1.807) is 12.1 Å². The molecule has 0 bridgehead atoms. The number of rotatable bonds is 3. The standard InChI is InChI=1S/C18H21NO3S/c1-14-8-9-17(12-15(14)2)23(20,21)19-10-11-22-18(13-19)16-6-4-3-5-7-16/h3-9,12,18H,10-11,13H2,1-2H3. The minimum Gasteiger partial charge on any atom is -0.371 e. The van der Waals surface area contributed by atoms with Crippen molar-refractivity contribution in [3.8, 4) is 0 Å². The Labute approximate surface area is 137 Å². The number of morpholine rings is 1. The van der Waals surface area contributed by atoms with E-state index in [4.69, 9.17) is 4.74 Å². The highest BCUT2D eigenvalue weighted by Gasteiger charge is 2.31. The van der Waals surface area contributed by atoms with Crippen LogP contribution in [0, 0.1) is 13.8 Å². The molecule has 0 spiro atoms. The van der Waals surface area contributed by atoms with E-state index >= 15 is 0 Å². The molecule has 0 amide bonds. The van der Waals surface area contributed by atoms with Crippen LogP contribution in [-0.4, -0.2) is 32.4 Å². The highest BCUT2D eigenvalue weighted by molar-refractivity contribution is 7.89. The van der Waals surface area contributed by atoms with E-state index in [-0.39, 0.29) is 6.10 Å². The smallest absolute Gasteiger partial charge is 0.243 e. The second kappa shape index (κ2) is 6.43. The quantitative estimate of drug-likeness (QED) is 0.868. The van der Waals surface area contributed by atoms with Gasteiger partial charge in [0.2, 0.25) is 10.0 Å². The summed E-state index contributed by atoms with van der Waals surface area (Å²) in [6.07, 6.45) is -0.216. The zero-order valence-electron chi connectivity index (χ0n) is 13.4. The maximum Gasteiger partial charge on any atom is 0.243 e. The fourth-order valence-corrected chi connectivity index (χ4v) is 4.25. The molecule has 23 heavy (non-hydrogen) atoms. The molecule has 1 fully saturated rings. The van der Waals surface area contributed by atoms with E-state index < -0.39 is 10.0 Å². The van der Waals surface area contributed by atoms with Crippen molar-refractivity contribution in [2.45, 2.75) is 24.8 Å². The van der Waals surface area contributed by atoms with E-state index in [0.717, 1.165) is 16.7 Å². The Kier molecular flexibility index (Phi) is 4.53. The van der Waals surface area contributed by atoms with Crippen molar-refractivity contribution >= 4 is 10.0 Å². The van der Waals surface area contributed by atoms with Crippen molar-refractivity contribution in [1.29, 1.82) is 0 Å². The van der Waals surface area contributed by atoms with Crippen molar-refractivity contribution in [2.75, 3.05) is 19.7 Å². The van der Waals surface area contributed by atoms with Crippen LogP contribution in [0.3, 0.4) is 0 Å². The number of ether oxygens (including phenoxy) is 1. The molecule has 1 heterocycles. The fraction of sp³-hybridized carbons (Fsp3) is 0.333. The molecular weight excluding hydrogens is 310 g/mol. The first-order valence-corrected chi connectivity index (χ1v) is 9.16. The minimum absolute atomic E-state index is 0.216. The molecule has 2 aromatic carbocycles. The van der Waals surface area contributed by atoms with Gasteiger partial charge >= 0.3 is 0 Å².